The SMILES string of the molecule is Cc1cc(N=Nc2cc(S)c(O)c3ccccc23)no1. The minimum absolute atomic E-state index is 0.139. The van der Waals surface area contributed by atoms with Crippen molar-refractivity contribution in [3.05, 3.63) is 42.2 Å². The number of azo groups is 1. The number of aromatic nitrogens is 1. The Morgan fingerprint density at radius 3 is 2.60 bits per heavy atom. The molecule has 0 aliphatic carbocycles. The molecule has 0 atom stereocenters. The van der Waals surface area contributed by atoms with E-state index in [1.165, 1.54) is 0 Å². The van der Waals surface area contributed by atoms with E-state index in [-0.39, 0.29) is 5.75 Å². The summed E-state index contributed by atoms with van der Waals surface area (Å²) in [6.45, 7) is 1.79. The molecule has 1 aromatic heterocycles. The summed E-state index contributed by atoms with van der Waals surface area (Å²) in [4.78, 5) is 0.453. The third-order valence-electron chi connectivity index (χ3n) is 2.85. The maximum Gasteiger partial charge on any atom is 0.216 e. The van der Waals surface area contributed by atoms with Crippen molar-refractivity contribution in [1.82, 2.24) is 5.16 Å². The van der Waals surface area contributed by atoms with Gasteiger partial charge in [0.15, 0.2) is 0 Å². The minimum Gasteiger partial charge on any atom is -0.506 e. The second kappa shape index (κ2) is 4.97. The van der Waals surface area contributed by atoms with Crippen LogP contribution in [-0.4, -0.2) is 10.3 Å². The average molecular weight is 285 g/mol. The van der Waals surface area contributed by atoms with Gasteiger partial charge < -0.3 is 9.63 Å². The smallest absolute Gasteiger partial charge is 0.216 e. The van der Waals surface area contributed by atoms with Crippen molar-refractivity contribution < 1.29 is 9.63 Å². The fraction of sp³-hybridized carbons (Fsp3) is 0.0714. The molecule has 0 aliphatic heterocycles. The van der Waals surface area contributed by atoms with Crippen LogP contribution in [-0.2, 0) is 0 Å². The molecule has 6 heteroatoms. The van der Waals surface area contributed by atoms with E-state index in [0.717, 1.165) is 5.39 Å². The molecule has 3 rings (SSSR count). The Labute approximate surface area is 120 Å². The zero-order valence-electron chi connectivity index (χ0n) is 10.6. The number of hydrogen-bond acceptors (Lipinski definition) is 6. The summed E-state index contributed by atoms with van der Waals surface area (Å²) in [6, 6.07) is 10.7. The first-order valence-corrected chi connectivity index (χ1v) is 6.38. The summed E-state index contributed by atoms with van der Waals surface area (Å²) in [6.07, 6.45) is 0. The largest absolute Gasteiger partial charge is 0.506 e. The lowest BCUT2D eigenvalue weighted by atomic mass is 10.1. The number of aryl methyl sites for hydroxylation is 1. The van der Waals surface area contributed by atoms with Gasteiger partial charge in [-0.15, -0.1) is 22.9 Å². The first-order chi connectivity index (χ1) is 9.65. The molecule has 0 spiro atoms. The van der Waals surface area contributed by atoms with Crippen molar-refractivity contribution in [2.75, 3.05) is 0 Å². The van der Waals surface area contributed by atoms with E-state index < -0.39 is 0 Å². The van der Waals surface area contributed by atoms with Gasteiger partial charge in [0.2, 0.25) is 5.82 Å². The summed E-state index contributed by atoms with van der Waals surface area (Å²) in [5, 5.41) is 23.4. The Hall–Kier alpha value is -2.34. The van der Waals surface area contributed by atoms with E-state index >= 15 is 0 Å². The first kappa shape index (κ1) is 12.7. The lowest BCUT2D eigenvalue weighted by Crippen LogP contribution is -1.77. The normalized spacial score (nSPS) is 11.5. The molecule has 0 saturated heterocycles. The molecule has 0 saturated carbocycles. The number of phenols is 1. The monoisotopic (exact) mass is 285 g/mol. The van der Waals surface area contributed by atoms with Crippen LogP contribution in [0.15, 0.2) is 56.0 Å². The Morgan fingerprint density at radius 1 is 1.15 bits per heavy atom. The summed E-state index contributed by atoms with van der Waals surface area (Å²) < 4.78 is 4.92. The molecule has 0 unspecified atom stereocenters. The lowest BCUT2D eigenvalue weighted by molar-refractivity contribution is 0.399. The van der Waals surface area contributed by atoms with Gasteiger partial charge in [0.25, 0.3) is 0 Å². The second-order valence-electron chi connectivity index (χ2n) is 4.30. The minimum atomic E-state index is 0.139. The van der Waals surface area contributed by atoms with Crippen LogP contribution in [0.25, 0.3) is 10.8 Å². The van der Waals surface area contributed by atoms with Gasteiger partial charge in [0.1, 0.15) is 11.5 Å². The highest BCUT2D eigenvalue weighted by atomic mass is 32.1. The maximum absolute atomic E-state index is 10.00. The molecule has 20 heavy (non-hydrogen) atoms. The van der Waals surface area contributed by atoms with Crippen molar-refractivity contribution in [2.45, 2.75) is 11.8 Å². The molecular formula is C14H11N3O2S. The van der Waals surface area contributed by atoms with E-state index in [2.05, 4.69) is 28.0 Å². The van der Waals surface area contributed by atoms with Crippen LogP contribution in [0.2, 0.25) is 0 Å². The van der Waals surface area contributed by atoms with E-state index in [0.29, 0.717) is 27.5 Å². The lowest BCUT2D eigenvalue weighted by Gasteiger charge is -2.06. The Kier molecular flexibility index (Phi) is 3.15. The highest BCUT2D eigenvalue weighted by Crippen LogP contribution is 2.38. The first-order valence-electron chi connectivity index (χ1n) is 5.94. The van der Waals surface area contributed by atoms with Crippen molar-refractivity contribution >= 4 is 34.9 Å². The standard InChI is InChI=1S/C14H11N3O2S/c1-8-6-13(17-19-8)16-15-11-7-12(20)14(18)10-5-3-2-4-9(10)11/h2-7,18,20H,1H3. The number of nitrogens with zero attached hydrogens (tertiary/aromatic N) is 3. The Bertz CT molecular complexity index is 811. The molecule has 0 aliphatic rings. The number of fused-ring (bicyclic) bond motifs is 1. The van der Waals surface area contributed by atoms with Crippen LogP contribution < -0.4 is 0 Å². The third kappa shape index (κ3) is 2.25. The predicted octanol–water partition coefficient (Wildman–Crippen LogP) is 4.55. The molecular weight excluding hydrogens is 274 g/mol. The van der Waals surface area contributed by atoms with Gasteiger partial charge in [-0.3, -0.25) is 0 Å². The quantitative estimate of drug-likeness (QED) is 0.536. The van der Waals surface area contributed by atoms with Crippen molar-refractivity contribution in [3.8, 4) is 5.75 Å². The van der Waals surface area contributed by atoms with Crippen LogP contribution in [0.1, 0.15) is 5.76 Å². The molecule has 2 aromatic carbocycles. The zero-order chi connectivity index (χ0) is 14.1. The zero-order valence-corrected chi connectivity index (χ0v) is 11.5. The summed E-state index contributed by atoms with van der Waals surface area (Å²) in [7, 11) is 0. The van der Waals surface area contributed by atoms with Gasteiger partial charge in [-0.2, -0.15) is 0 Å². The van der Waals surface area contributed by atoms with E-state index in [1.807, 2.05) is 24.3 Å². The molecule has 3 aromatic rings. The van der Waals surface area contributed by atoms with Crippen LogP contribution in [0, 0.1) is 6.92 Å². The van der Waals surface area contributed by atoms with Crippen LogP contribution >= 0.6 is 12.6 Å². The molecule has 5 nitrogen and oxygen atoms in total. The highest BCUT2D eigenvalue weighted by molar-refractivity contribution is 7.80. The van der Waals surface area contributed by atoms with Gasteiger partial charge in [0.05, 0.1) is 5.69 Å². The molecule has 1 heterocycles. The fourth-order valence-corrected chi connectivity index (χ4v) is 2.16. The molecule has 0 radical (unpaired) electrons. The number of benzene rings is 2. The third-order valence-corrected chi connectivity index (χ3v) is 3.19. The van der Waals surface area contributed by atoms with E-state index in [1.54, 1.807) is 19.1 Å². The predicted molar refractivity (Wildman–Crippen MR) is 78.3 cm³/mol. The number of thiol groups is 1. The molecule has 0 fully saturated rings. The van der Waals surface area contributed by atoms with Gasteiger partial charge in [-0.05, 0) is 13.0 Å². The fourth-order valence-electron chi connectivity index (χ4n) is 1.91. The summed E-state index contributed by atoms with van der Waals surface area (Å²) in [5.74, 6) is 1.21. The highest BCUT2D eigenvalue weighted by Gasteiger charge is 2.08. The number of hydrogen-bond donors (Lipinski definition) is 2. The molecule has 100 valence electrons. The topological polar surface area (TPSA) is 71.0 Å². The van der Waals surface area contributed by atoms with Crippen LogP contribution in [0.4, 0.5) is 11.5 Å². The van der Waals surface area contributed by atoms with Crippen molar-refractivity contribution in [1.29, 1.82) is 0 Å². The summed E-state index contributed by atoms with van der Waals surface area (Å²) in [5.41, 5.74) is 0.615. The van der Waals surface area contributed by atoms with Crippen molar-refractivity contribution in [3.63, 3.8) is 0 Å². The van der Waals surface area contributed by atoms with Gasteiger partial charge >= 0.3 is 0 Å². The Balaban J connectivity index is 2.12. The number of aromatic hydroxyl groups is 1. The van der Waals surface area contributed by atoms with Crippen LogP contribution in [0.5, 0.6) is 5.75 Å². The summed E-state index contributed by atoms with van der Waals surface area (Å²) >= 11 is 4.24. The number of rotatable bonds is 2. The molecule has 0 amide bonds. The van der Waals surface area contributed by atoms with E-state index in [4.69, 9.17) is 4.52 Å². The maximum atomic E-state index is 10.00. The Morgan fingerprint density at radius 2 is 1.90 bits per heavy atom. The van der Waals surface area contributed by atoms with E-state index in [9.17, 15) is 5.11 Å². The van der Waals surface area contributed by atoms with Gasteiger partial charge in [-0.1, -0.05) is 29.4 Å². The van der Waals surface area contributed by atoms with Gasteiger partial charge in [-0.25, -0.2) is 0 Å². The average Bonchev–Trinajstić information content (AvgIpc) is 2.87. The second-order valence-corrected chi connectivity index (χ2v) is 4.79. The number of phenolic OH excluding ortho intramolecular Hbond substituents is 1. The molecule has 1 N–H and O–H groups in total. The molecule has 0 bridgehead atoms. The van der Waals surface area contributed by atoms with Crippen molar-refractivity contribution in [2.24, 2.45) is 10.2 Å². The van der Waals surface area contributed by atoms with Gasteiger partial charge in [0, 0.05) is 21.7 Å². The van der Waals surface area contributed by atoms with Crippen LogP contribution in [0.3, 0.4) is 0 Å².